The first-order valence-electron chi connectivity index (χ1n) is 15.1. The molecule has 0 N–H and O–H groups in total. The molecule has 0 spiro atoms. The van der Waals surface area contributed by atoms with E-state index in [1.807, 2.05) is 6.07 Å². The van der Waals surface area contributed by atoms with Crippen molar-refractivity contribution < 1.29 is 0 Å². The topological polar surface area (TPSA) is 6.48 Å². The second-order valence-electron chi connectivity index (χ2n) is 11.2. The first-order chi connectivity index (χ1) is 21.7. The Hall–Kier alpha value is -5.60. The van der Waals surface area contributed by atoms with Gasteiger partial charge in [0.25, 0.3) is 0 Å². The van der Waals surface area contributed by atoms with Crippen molar-refractivity contribution in [2.75, 3.05) is 16.8 Å². The number of hydrogen-bond acceptors (Lipinski definition) is 2. The highest BCUT2D eigenvalue weighted by molar-refractivity contribution is 6.12. The van der Waals surface area contributed by atoms with Crippen LogP contribution < -0.4 is 9.80 Å². The molecule has 0 saturated heterocycles. The summed E-state index contributed by atoms with van der Waals surface area (Å²) in [6.45, 7) is 2.18. The monoisotopic (exact) mass is 566 g/mol. The number of anilines is 4. The van der Waals surface area contributed by atoms with E-state index < -0.39 is 0 Å². The average molecular weight is 567 g/mol. The van der Waals surface area contributed by atoms with Gasteiger partial charge in [-0.05, 0) is 71.1 Å². The summed E-state index contributed by atoms with van der Waals surface area (Å²) >= 11 is 0. The van der Waals surface area contributed by atoms with Crippen molar-refractivity contribution in [1.29, 1.82) is 0 Å². The van der Waals surface area contributed by atoms with Gasteiger partial charge in [0, 0.05) is 40.3 Å². The Morgan fingerprint density at radius 2 is 1.07 bits per heavy atom. The quantitative estimate of drug-likeness (QED) is 0.140. The Morgan fingerprint density at radius 1 is 0.523 bits per heavy atom. The number of fused-ring (bicyclic) bond motifs is 3. The first kappa shape index (κ1) is 27.2. The van der Waals surface area contributed by atoms with Crippen LogP contribution in [0.15, 0.2) is 170 Å². The van der Waals surface area contributed by atoms with Gasteiger partial charge < -0.3 is 9.80 Å². The van der Waals surface area contributed by atoms with Gasteiger partial charge in [0.2, 0.25) is 0 Å². The zero-order valence-corrected chi connectivity index (χ0v) is 25.1. The zero-order chi connectivity index (χ0) is 29.9. The lowest BCUT2D eigenvalue weighted by atomic mass is 10.00. The maximum absolute atomic E-state index is 2.36. The number of benzene rings is 7. The van der Waals surface area contributed by atoms with E-state index in [4.69, 9.17) is 0 Å². The van der Waals surface area contributed by atoms with Crippen molar-refractivity contribution in [2.45, 2.75) is 6.92 Å². The summed E-state index contributed by atoms with van der Waals surface area (Å²) in [6, 6.07) is 54.1. The second kappa shape index (κ2) is 11.9. The molecule has 2 nitrogen and oxygen atoms in total. The van der Waals surface area contributed by atoms with Gasteiger partial charge in [0.15, 0.2) is 0 Å². The highest BCUT2D eigenvalue weighted by atomic mass is 15.2. The van der Waals surface area contributed by atoms with E-state index in [1.165, 1.54) is 43.6 Å². The highest BCUT2D eigenvalue weighted by Gasteiger charge is 2.17. The van der Waals surface area contributed by atoms with Gasteiger partial charge in [0.1, 0.15) is 0 Å². The Morgan fingerprint density at radius 3 is 1.75 bits per heavy atom. The van der Waals surface area contributed by atoms with Crippen LogP contribution in [-0.2, 0) is 0 Å². The van der Waals surface area contributed by atoms with Gasteiger partial charge in [-0.2, -0.15) is 0 Å². The van der Waals surface area contributed by atoms with Crippen molar-refractivity contribution in [3.8, 4) is 0 Å². The molecule has 0 amide bonds. The first-order valence-corrected chi connectivity index (χ1v) is 15.1. The molecule has 0 aliphatic carbocycles. The lowest BCUT2D eigenvalue weighted by molar-refractivity contribution is 1.16. The third kappa shape index (κ3) is 5.23. The van der Waals surface area contributed by atoms with Gasteiger partial charge in [-0.25, -0.2) is 0 Å². The van der Waals surface area contributed by atoms with Crippen molar-refractivity contribution in [3.63, 3.8) is 0 Å². The summed E-state index contributed by atoms with van der Waals surface area (Å²) in [4.78, 5) is 4.68. The standard InChI is InChI=1S/C42H34N2/c1-31(14-12-17-32-15-4-3-5-16-32)44(41-25-13-21-33-18-6-9-22-38(33)41)37-28-26-36(27-29-37)43(2)42-39-23-10-7-19-34(39)30-35-20-8-11-24-40(35)42/h3-30H,1-2H3/b17-12-,31-14+. The molecule has 0 bridgehead atoms. The highest BCUT2D eigenvalue weighted by Crippen LogP contribution is 2.40. The smallest absolute Gasteiger partial charge is 0.0567 e. The van der Waals surface area contributed by atoms with Crippen LogP contribution in [0.2, 0.25) is 0 Å². The fourth-order valence-electron chi connectivity index (χ4n) is 6.18. The lowest BCUT2D eigenvalue weighted by Gasteiger charge is -2.28. The molecule has 212 valence electrons. The van der Waals surface area contributed by atoms with Crippen LogP contribution in [0, 0.1) is 0 Å². The maximum Gasteiger partial charge on any atom is 0.0567 e. The molecule has 0 atom stereocenters. The van der Waals surface area contributed by atoms with Crippen LogP contribution in [0.4, 0.5) is 22.7 Å². The summed E-state index contributed by atoms with van der Waals surface area (Å²) in [5.74, 6) is 0. The Balaban J connectivity index is 1.31. The van der Waals surface area contributed by atoms with Crippen LogP contribution in [0.3, 0.4) is 0 Å². The Kier molecular flexibility index (Phi) is 7.40. The van der Waals surface area contributed by atoms with Gasteiger partial charge in [-0.3, -0.25) is 0 Å². The number of nitrogens with zero attached hydrogens (tertiary/aromatic N) is 2. The summed E-state index contributed by atoms with van der Waals surface area (Å²) in [5, 5.41) is 7.44. The summed E-state index contributed by atoms with van der Waals surface area (Å²) in [5.41, 5.74) is 6.95. The van der Waals surface area contributed by atoms with Crippen molar-refractivity contribution in [2.24, 2.45) is 0 Å². The van der Waals surface area contributed by atoms with Gasteiger partial charge in [-0.15, -0.1) is 0 Å². The third-order valence-corrected chi connectivity index (χ3v) is 8.36. The van der Waals surface area contributed by atoms with Crippen LogP contribution in [0.1, 0.15) is 12.5 Å². The SMILES string of the molecule is C/C(=C\C=C/c1ccccc1)N(c1ccc(N(C)c2c3ccccc3cc3ccccc23)cc1)c1cccc2ccccc12. The van der Waals surface area contributed by atoms with Crippen molar-refractivity contribution >= 4 is 61.1 Å². The Labute approximate surface area is 259 Å². The number of hydrogen-bond donors (Lipinski definition) is 0. The fourth-order valence-corrected chi connectivity index (χ4v) is 6.18. The van der Waals surface area contributed by atoms with E-state index in [0.717, 1.165) is 22.8 Å². The predicted molar refractivity (Wildman–Crippen MR) is 191 cm³/mol. The minimum atomic E-state index is 1.11. The number of allylic oxidation sites excluding steroid dienone is 3. The van der Waals surface area contributed by atoms with E-state index in [1.54, 1.807) is 0 Å². The molecule has 0 unspecified atom stereocenters. The maximum atomic E-state index is 2.36. The van der Waals surface area contributed by atoms with Gasteiger partial charge in [-0.1, -0.05) is 127 Å². The van der Waals surface area contributed by atoms with E-state index in [2.05, 4.69) is 188 Å². The molecular weight excluding hydrogens is 532 g/mol. The molecule has 0 aliphatic heterocycles. The lowest BCUT2D eigenvalue weighted by Crippen LogP contribution is -2.15. The molecule has 0 saturated carbocycles. The molecule has 7 aromatic rings. The van der Waals surface area contributed by atoms with Crippen LogP contribution in [0.25, 0.3) is 38.4 Å². The molecule has 0 aliphatic rings. The number of rotatable bonds is 7. The molecule has 2 heteroatoms. The molecule has 0 radical (unpaired) electrons. The molecule has 7 aromatic carbocycles. The zero-order valence-electron chi connectivity index (χ0n) is 25.1. The fraction of sp³-hybridized carbons (Fsp3) is 0.0476. The molecular formula is C42H34N2. The van der Waals surface area contributed by atoms with E-state index in [0.29, 0.717) is 0 Å². The summed E-state index contributed by atoms with van der Waals surface area (Å²) in [6.07, 6.45) is 6.48. The summed E-state index contributed by atoms with van der Waals surface area (Å²) < 4.78 is 0. The Bertz CT molecular complexity index is 2080. The van der Waals surface area contributed by atoms with Gasteiger partial charge in [0.05, 0.1) is 11.4 Å². The molecule has 44 heavy (non-hydrogen) atoms. The predicted octanol–water partition coefficient (Wildman–Crippen LogP) is 11.7. The molecule has 0 heterocycles. The molecule has 0 aromatic heterocycles. The minimum absolute atomic E-state index is 1.11. The van der Waals surface area contributed by atoms with Crippen LogP contribution in [0.5, 0.6) is 0 Å². The largest absolute Gasteiger partial charge is 0.344 e. The van der Waals surface area contributed by atoms with E-state index >= 15 is 0 Å². The van der Waals surface area contributed by atoms with E-state index in [-0.39, 0.29) is 0 Å². The normalized spacial score (nSPS) is 11.9. The van der Waals surface area contributed by atoms with Crippen molar-refractivity contribution in [1.82, 2.24) is 0 Å². The second-order valence-corrected chi connectivity index (χ2v) is 11.2. The minimum Gasteiger partial charge on any atom is -0.344 e. The average Bonchev–Trinajstić information content (AvgIpc) is 3.08. The molecule has 7 rings (SSSR count). The van der Waals surface area contributed by atoms with Crippen molar-refractivity contribution in [3.05, 3.63) is 175 Å². The summed E-state index contributed by atoms with van der Waals surface area (Å²) in [7, 11) is 2.17. The van der Waals surface area contributed by atoms with Crippen LogP contribution >= 0.6 is 0 Å². The van der Waals surface area contributed by atoms with Crippen LogP contribution in [-0.4, -0.2) is 7.05 Å². The third-order valence-electron chi connectivity index (χ3n) is 8.36. The van der Waals surface area contributed by atoms with E-state index in [9.17, 15) is 0 Å². The van der Waals surface area contributed by atoms with Gasteiger partial charge >= 0.3 is 0 Å². The molecule has 0 fully saturated rings.